The first-order chi connectivity index (χ1) is 14.8. The topological polar surface area (TPSA) is 110 Å². The second-order valence-electron chi connectivity index (χ2n) is 7.92. The van der Waals surface area contributed by atoms with E-state index in [1.165, 1.54) is 6.20 Å². The lowest BCUT2D eigenvalue weighted by molar-refractivity contribution is -0.141. The molecule has 3 N–H and O–H groups in total. The Bertz CT molecular complexity index is 979. The van der Waals surface area contributed by atoms with Gasteiger partial charge in [0.1, 0.15) is 12.4 Å². The molecule has 31 heavy (non-hydrogen) atoms. The number of hydrogen-bond donors (Lipinski definition) is 3. The zero-order valence-corrected chi connectivity index (χ0v) is 18.0. The molecule has 0 radical (unpaired) electrons. The van der Waals surface area contributed by atoms with E-state index < -0.39 is 0 Å². The van der Waals surface area contributed by atoms with E-state index in [-0.39, 0.29) is 42.7 Å². The summed E-state index contributed by atoms with van der Waals surface area (Å²) < 4.78 is 10.6. The van der Waals surface area contributed by atoms with Gasteiger partial charge in [0.25, 0.3) is 11.8 Å². The summed E-state index contributed by atoms with van der Waals surface area (Å²) in [7, 11) is 0. The first kappa shape index (κ1) is 21.7. The van der Waals surface area contributed by atoms with E-state index in [1.54, 1.807) is 30.3 Å². The molecule has 3 aliphatic rings. The Balaban J connectivity index is 1.21. The molecule has 0 spiro atoms. The third kappa shape index (κ3) is 4.71. The van der Waals surface area contributed by atoms with Crippen LogP contribution in [-0.4, -0.2) is 52.8 Å². The molecular weight excluding hydrogens is 445 g/mol. The molecule has 3 fully saturated rings. The number of aliphatic hydroxyl groups is 1. The number of benzene rings is 1. The highest BCUT2D eigenvalue weighted by atomic mass is 35.5. The van der Waals surface area contributed by atoms with Gasteiger partial charge in [-0.25, -0.2) is 4.98 Å². The highest BCUT2D eigenvalue weighted by molar-refractivity contribution is 6.42. The van der Waals surface area contributed by atoms with E-state index in [2.05, 4.69) is 15.6 Å². The van der Waals surface area contributed by atoms with Crippen molar-refractivity contribution >= 4 is 35.0 Å². The summed E-state index contributed by atoms with van der Waals surface area (Å²) in [6, 6.07) is 8.02. The van der Waals surface area contributed by atoms with Gasteiger partial charge in [-0.15, -0.1) is 0 Å². The summed E-state index contributed by atoms with van der Waals surface area (Å²) in [5.41, 5.74) is -0.152. The summed E-state index contributed by atoms with van der Waals surface area (Å²) in [6.07, 6.45) is 3.46. The molecule has 1 heterocycles. The first-order valence-corrected chi connectivity index (χ1v) is 10.5. The molecule has 1 aromatic heterocycles. The average Bonchev–Trinajstić information content (AvgIpc) is 2.71. The van der Waals surface area contributed by atoms with Gasteiger partial charge >= 0.3 is 0 Å². The predicted molar refractivity (Wildman–Crippen MR) is 114 cm³/mol. The minimum Gasteiger partial charge on any atom is -0.484 e. The molecule has 8 nitrogen and oxygen atoms in total. The number of pyridine rings is 1. The number of ether oxygens (including phenoxy) is 2. The molecule has 164 valence electrons. The van der Waals surface area contributed by atoms with Gasteiger partial charge in [-0.05, 0) is 37.5 Å². The van der Waals surface area contributed by atoms with E-state index in [4.69, 9.17) is 37.8 Å². The Morgan fingerprint density at radius 1 is 1.03 bits per heavy atom. The molecule has 0 saturated heterocycles. The standard InChI is InChI=1S/C21H21Cl2N3O5/c22-15-3-2-14(7-16(15)23)31-9-17(28)25-20-10-21(11-20,12-20)26-19(29)13-1-4-18(24-8-13)30-6-5-27/h1-4,7-8,27H,5-6,9-12H2,(H,25,28)(H,26,29). The Labute approximate surface area is 188 Å². The van der Waals surface area contributed by atoms with Crippen molar-refractivity contribution in [1.29, 1.82) is 0 Å². The molecule has 10 heteroatoms. The molecular formula is C21H21Cl2N3O5. The molecule has 2 aromatic rings. The highest BCUT2D eigenvalue weighted by Crippen LogP contribution is 2.60. The third-order valence-electron chi connectivity index (χ3n) is 5.41. The van der Waals surface area contributed by atoms with Gasteiger partial charge in [0.2, 0.25) is 5.88 Å². The number of nitrogens with one attached hydrogen (secondary N) is 2. The fourth-order valence-electron chi connectivity index (χ4n) is 4.16. The molecule has 3 saturated carbocycles. The summed E-state index contributed by atoms with van der Waals surface area (Å²) in [5, 5.41) is 15.6. The lowest BCUT2D eigenvalue weighted by atomic mass is 9.44. The Kier molecular flexibility index (Phi) is 5.96. The van der Waals surface area contributed by atoms with Gasteiger partial charge in [-0.3, -0.25) is 9.59 Å². The van der Waals surface area contributed by atoms with Crippen molar-refractivity contribution in [2.24, 2.45) is 0 Å². The van der Waals surface area contributed by atoms with Crippen LogP contribution in [0.15, 0.2) is 36.5 Å². The third-order valence-corrected chi connectivity index (χ3v) is 6.15. The van der Waals surface area contributed by atoms with Gasteiger partial charge < -0.3 is 25.2 Å². The molecule has 1 aromatic carbocycles. The van der Waals surface area contributed by atoms with Gasteiger partial charge in [-0.2, -0.15) is 0 Å². The van der Waals surface area contributed by atoms with Crippen LogP contribution in [0, 0.1) is 0 Å². The summed E-state index contributed by atoms with van der Waals surface area (Å²) >= 11 is 11.8. The number of halogens is 2. The van der Waals surface area contributed by atoms with Crippen molar-refractivity contribution in [2.45, 2.75) is 30.3 Å². The highest BCUT2D eigenvalue weighted by Gasteiger charge is 2.69. The number of nitrogens with zero attached hydrogens (tertiary/aromatic N) is 1. The van der Waals surface area contributed by atoms with E-state index in [9.17, 15) is 9.59 Å². The summed E-state index contributed by atoms with van der Waals surface area (Å²) in [6.45, 7) is -0.0876. The van der Waals surface area contributed by atoms with Crippen LogP contribution < -0.4 is 20.1 Å². The van der Waals surface area contributed by atoms with Crippen LogP contribution >= 0.6 is 23.2 Å². The lowest BCUT2D eigenvalue weighted by Gasteiger charge is -2.70. The molecule has 2 bridgehead atoms. The fraction of sp³-hybridized carbons (Fsp3) is 0.381. The maximum absolute atomic E-state index is 12.5. The van der Waals surface area contributed by atoms with Crippen LogP contribution in [0.25, 0.3) is 0 Å². The SMILES string of the molecule is O=C(COc1ccc(Cl)c(Cl)c1)NC12CC(NC(=O)c3ccc(OCCO)nc3)(C1)C2. The van der Waals surface area contributed by atoms with Crippen molar-refractivity contribution < 1.29 is 24.2 Å². The smallest absolute Gasteiger partial charge is 0.258 e. The van der Waals surface area contributed by atoms with Crippen molar-refractivity contribution in [1.82, 2.24) is 15.6 Å². The fourth-order valence-corrected chi connectivity index (χ4v) is 4.45. The normalized spacial score (nSPS) is 23.2. The Hall–Kier alpha value is -2.55. The van der Waals surface area contributed by atoms with Crippen molar-refractivity contribution in [3.63, 3.8) is 0 Å². The largest absolute Gasteiger partial charge is 0.484 e. The van der Waals surface area contributed by atoms with Crippen molar-refractivity contribution in [3.05, 3.63) is 52.1 Å². The lowest BCUT2D eigenvalue weighted by Crippen LogP contribution is -2.84. The van der Waals surface area contributed by atoms with E-state index in [1.807, 2.05) is 0 Å². The minimum absolute atomic E-state index is 0.105. The number of aromatic nitrogens is 1. The van der Waals surface area contributed by atoms with Crippen LogP contribution in [-0.2, 0) is 4.79 Å². The number of rotatable bonds is 9. The van der Waals surface area contributed by atoms with Crippen LogP contribution in [0.2, 0.25) is 10.0 Å². The van der Waals surface area contributed by atoms with Gasteiger partial charge in [-0.1, -0.05) is 23.2 Å². The van der Waals surface area contributed by atoms with Crippen LogP contribution in [0.5, 0.6) is 11.6 Å². The quantitative estimate of drug-likeness (QED) is 0.524. The van der Waals surface area contributed by atoms with Crippen molar-refractivity contribution in [3.8, 4) is 11.6 Å². The molecule has 3 aliphatic carbocycles. The Morgan fingerprint density at radius 2 is 1.77 bits per heavy atom. The second-order valence-corrected chi connectivity index (χ2v) is 8.73. The van der Waals surface area contributed by atoms with Gasteiger partial charge in [0.05, 0.1) is 22.2 Å². The second kappa shape index (κ2) is 8.53. The average molecular weight is 466 g/mol. The van der Waals surface area contributed by atoms with E-state index in [0.29, 0.717) is 46.5 Å². The first-order valence-electron chi connectivity index (χ1n) is 9.73. The van der Waals surface area contributed by atoms with Crippen LogP contribution in [0.4, 0.5) is 0 Å². The van der Waals surface area contributed by atoms with E-state index in [0.717, 1.165) is 0 Å². The number of aliphatic hydroxyl groups excluding tert-OH is 1. The Morgan fingerprint density at radius 3 is 2.42 bits per heavy atom. The van der Waals surface area contributed by atoms with Crippen LogP contribution in [0.1, 0.15) is 29.6 Å². The number of carbonyl (C=O) groups excluding carboxylic acids is 2. The summed E-state index contributed by atoms with van der Waals surface area (Å²) in [5.74, 6) is 0.366. The molecule has 0 aliphatic heterocycles. The zero-order valence-electron chi connectivity index (χ0n) is 16.5. The van der Waals surface area contributed by atoms with Gasteiger partial charge in [0.15, 0.2) is 6.61 Å². The molecule has 5 rings (SSSR count). The van der Waals surface area contributed by atoms with Crippen molar-refractivity contribution in [2.75, 3.05) is 19.8 Å². The maximum Gasteiger partial charge on any atom is 0.258 e. The number of hydrogen-bond acceptors (Lipinski definition) is 6. The molecule has 0 unspecified atom stereocenters. The van der Waals surface area contributed by atoms with Crippen LogP contribution in [0.3, 0.4) is 0 Å². The monoisotopic (exact) mass is 465 g/mol. The minimum atomic E-state index is -0.291. The zero-order chi connectivity index (χ0) is 22.1. The maximum atomic E-state index is 12.5. The number of amides is 2. The predicted octanol–water partition coefficient (Wildman–Crippen LogP) is 2.36. The molecule has 0 atom stereocenters. The van der Waals surface area contributed by atoms with E-state index >= 15 is 0 Å². The number of carbonyl (C=O) groups is 2. The summed E-state index contributed by atoms with van der Waals surface area (Å²) in [4.78, 5) is 28.8. The molecule has 2 amide bonds. The van der Waals surface area contributed by atoms with Gasteiger partial charge in [0, 0.05) is 29.4 Å².